The number of aromatic nitrogens is 4. The summed E-state index contributed by atoms with van der Waals surface area (Å²) in [7, 11) is 5.61. The number of halogens is 1. The molecule has 206 valence electrons. The number of nitrogens with zero attached hydrogens (tertiary/aromatic N) is 6. The number of benzene rings is 1. The number of likely N-dealkylation sites (N-methyl/N-ethyl adjacent to an activating group) is 1. The zero-order chi connectivity index (χ0) is 28.2. The summed E-state index contributed by atoms with van der Waals surface area (Å²) in [6.07, 6.45) is 5.43. The minimum absolute atomic E-state index is 0.200. The highest BCUT2D eigenvalue weighted by Crippen LogP contribution is 2.25. The van der Waals surface area contributed by atoms with Crippen molar-refractivity contribution in [3.05, 3.63) is 83.3 Å². The highest BCUT2D eigenvalue weighted by Gasteiger charge is 2.27. The number of urea groups is 1. The van der Waals surface area contributed by atoms with Crippen LogP contribution in [0.25, 0.3) is 11.3 Å². The zero-order valence-corrected chi connectivity index (χ0v) is 22.3. The Balaban J connectivity index is 1.24. The molecule has 2 amide bonds. The summed E-state index contributed by atoms with van der Waals surface area (Å²) in [5.41, 5.74) is 1.04. The second kappa shape index (κ2) is 11.5. The Hall–Kier alpha value is -4.84. The lowest BCUT2D eigenvalue weighted by atomic mass is 10.2. The number of carbonyl (C=O) groups excluding carboxylic acids is 1. The normalized spacial score (nSPS) is 14.8. The van der Waals surface area contributed by atoms with Gasteiger partial charge in [-0.2, -0.15) is 0 Å². The number of pyridine rings is 2. The summed E-state index contributed by atoms with van der Waals surface area (Å²) >= 11 is 0. The number of ether oxygens (including phenoxy) is 1. The van der Waals surface area contributed by atoms with Crippen molar-refractivity contribution in [1.29, 1.82) is 0 Å². The van der Waals surface area contributed by atoms with E-state index < -0.39 is 0 Å². The van der Waals surface area contributed by atoms with Gasteiger partial charge in [0.2, 0.25) is 5.95 Å². The number of rotatable bonds is 7. The van der Waals surface area contributed by atoms with Gasteiger partial charge in [-0.25, -0.2) is 19.2 Å². The van der Waals surface area contributed by atoms with Crippen LogP contribution in [0, 0.1) is 5.82 Å². The standard InChI is InChI=1S/C28H29FN8O3/c1-35(2)20-11-13-37(17-20)28(39)34-25-14-21(10-12-30-25)40-22-8-9-24(31-15-22)23-16-32-27(36(3)26(23)38)33-19-6-4-18(29)5-7-19/h4-10,12,14-16,20H,11,13,17H2,1-3H3,(H,32,33)(H,30,34,39). The van der Waals surface area contributed by atoms with E-state index in [9.17, 15) is 14.0 Å². The molecule has 0 spiro atoms. The molecule has 0 aliphatic carbocycles. The molecule has 1 unspecified atom stereocenters. The molecule has 1 aliphatic rings. The maximum absolute atomic E-state index is 13.2. The number of hydrogen-bond acceptors (Lipinski definition) is 8. The van der Waals surface area contributed by atoms with Crippen molar-refractivity contribution in [1.82, 2.24) is 29.3 Å². The third-order valence-corrected chi connectivity index (χ3v) is 6.66. The van der Waals surface area contributed by atoms with Gasteiger partial charge in [-0.05, 0) is 63.0 Å². The lowest BCUT2D eigenvalue weighted by molar-refractivity contribution is 0.216. The minimum Gasteiger partial charge on any atom is -0.456 e. The van der Waals surface area contributed by atoms with Gasteiger partial charge in [0.15, 0.2) is 0 Å². The van der Waals surface area contributed by atoms with Crippen molar-refractivity contribution in [3.8, 4) is 22.8 Å². The molecule has 12 heteroatoms. The molecule has 1 aliphatic heterocycles. The van der Waals surface area contributed by atoms with Gasteiger partial charge in [-0.3, -0.25) is 19.7 Å². The number of amides is 2. The average molecular weight is 545 g/mol. The Morgan fingerprint density at radius 3 is 2.55 bits per heavy atom. The molecule has 40 heavy (non-hydrogen) atoms. The van der Waals surface area contributed by atoms with Crippen LogP contribution in [0.4, 0.5) is 26.6 Å². The number of carbonyl (C=O) groups is 1. The Morgan fingerprint density at radius 1 is 1.05 bits per heavy atom. The van der Waals surface area contributed by atoms with Crippen LogP contribution in [0.2, 0.25) is 0 Å². The molecule has 1 saturated heterocycles. The topological polar surface area (TPSA) is 118 Å². The summed E-state index contributed by atoms with van der Waals surface area (Å²) in [5.74, 6) is 1.25. The van der Waals surface area contributed by atoms with Crippen molar-refractivity contribution in [2.75, 3.05) is 37.8 Å². The Morgan fingerprint density at radius 2 is 1.85 bits per heavy atom. The van der Waals surface area contributed by atoms with Crippen molar-refractivity contribution in [2.24, 2.45) is 7.05 Å². The fourth-order valence-electron chi connectivity index (χ4n) is 4.31. The lowest BCUT2D eigenvalue weighted by Gasteiger charge is -2.20. The monoisotopic (exact) mass is 544 g/mol. The van der Waals surface area contributed by atoms with Gasteiger partial charge < -0.3 is 19.9 Å². The summed E-state index contributed by atoms with van der Waals surface area (Å²) < 4.78 is 20.4. The molecule has 1 atom stereocenters. The molecule has 0 bridgehead atoms. The maximum atomic E-state index is 13.2. The molecule has 0 radical (unpaired) electrons. The lowest BCUT2D eigenvalue weighted by Crippen LogP contribution is -2.36. The highest BCUT2D eigenvalue weighted by atomic mass is 19.1. The number of anilines is 3. The van der Waals surface area contributed by atoms with E-state index in [1.165, 1.54) is 29.1 Å². The second-order valence-corrected chi connectivity index (χ2v) is 9.63. The van der Waals surface area contributed by atoms with Crippen molar-refractivity contribution >= 4 is 23.5 Å². The molecule has 5 rings (SSSR count). The van der Waals surface area contributed by atoms with Crippen molar-refractivity contribution < 1.29 is 13.9 Å². The fraction of sp³-hybridized carbons (Fsp3) is 0.250. The Kier molecular flexibility index (Phi) is 7.69. The van der Waals surface area contributed by atoms with Crippen LogP contribution in [-0.2, 0) is 7.05 Å². The Labute approximate surface area is 230 Å². The molecule has 4 heterocycles. The fourth-order valence-corrected chi connectivity index (χ4v) is 4.31. The van der Waals surface area contributed by atoms with Gasteiger partial charge in [0, 0.05) is 50.3 Å². The summed E-state index contributed by atoms with van der Waals surface area (Å²) in [5, 5.41) is 5.83. The van der Waals surface area contributed by atoms with Crippen LogP contribution in [0.3, 0.4) is 0 Å². The van der Waals surface area contributed by atoms with Gasteiger partial charge in [-0.15, -0.1) is 0 Å². The van der Waals surface area contributed by atoms with Crippen molar-refractivity contribution in [3.63, 3.8) is 0 Å². The van der Waals surface area contributed by atoms with Crippen LogP contribution in [0.1, 0.15) is 6.42 Å². The van der Waals surface area contributed by atoms with Crippen molar-refractivity contribution in [2.45, 2.75) is 12.5 Å². The van der Waals surface area contributed by atoms with Crippen LogP contribution in [-0.4, -0.2) is 68.6 Å². The van der Waals surface area contributed by atoms with Gasteiger partial charge in [0.25, 0.3) is 5.56 Å². The van der Waals surface area contributed by atoms with E-state index in [-0.39, 0.29) is 17.4 Å². The third-order valence-electron chi connectivity index (χ3n) is 6.66. The maximum Gasteiger partial charge on any atom is 0.323 e. The molecule has 1 aromatic carbocycles. The molecule has 1 fully saturated rings. The second-order valence-electron chi connectivity index (χ2n) is 9.63. The van der Waals surface area contributed by atoms with Gasteiger partial charge >= 0.3 is 6.03 Å². The summed E-state index contributed by atoms with van der Waals surface area (Å²) in [4.78, 5) is 42.5. The molecular formula is C28H29FN8O3. The summed E-state index contributed by atoms with van der Waals surface area (Å²) in [6, 6.07) is 12.6. The largest absolute Gasteiger partial charge is 0.456 e. The first-order chi connectivity index (χ1) is 19.3. The molecule has 4 aromatic rings. The Bertz CT molecular complexity index is 1560. The van der Waals surface area contributed by atoms with Crippen LogP contribution in [0.5, 0.6) is 11.5 Å². The van der Waals surface area contributed by atoms with Gasteiger partial charge in [0.1, 0.15) is 23.1 Å². The number of nitrogens with one attached hydrogen (secondary N) is 2. The smallest absolute Gasteiger partial charge is 0.323 e. The first-order valence-corrected chi connectivity index (χ1v) is 12.7. The van der Waals surface area contributed by atoms with E-state index >= 15 is 0 Å². The van der Waals surface area contributed by atoms with E-state index in [0.717, 1.165) is 6.42 Å². The van der Waals surface area contributed by atoms with E-state index in [4.69, 9.17) is 4.74 Å². The third kappa shape index (κ3) is 6.07. The summed E-state index contributed by atoms with van der Waals surface area (Å²) in [6.45, 7) is 1.36. The van der Waals surface area contributed by atoms with Gasteiger partial charge in [-0.1, -0.05) is 0 Å². The van der Waals surface area contributed by atoms with Crippen LogP contribution in [0.15, 0.2) is 71.9 Å². The van der Waals surface area contributed by atoms with Crippen LogP contribution < -0.4 is 20.9 Å². The van der Waals surface area contributed by atoms with E-state index in [0.29, 0.717) is 59.3 Å². The minimum atomic E-state index is -0.353. The van der Waals surface area contributed by atoms with Crippen LogP contribution >= 0.6 is 0 Å². The highest BCUT2D eigenvalue weighted by molar-refractivity contribution is 5.88. The molecule has 0 saturated carbocycles. The predicted molar refractivity (Wildman–Crippen MR) is 149 cm³/mol. The van der Waals surface area contributed by atoms with E-state index in [1.54, 1.807) is 54.5 Å². The molecule has 3 aromatic heterocycles. The SMILES string of the molecule is CN(C)C1CCN(C(=O)Nc2cc(Oc3ccc(-c4cnc(Nc5ccc(F)cc5)n(C)c4=O)nc3)ccn2)C1. The molecule has 11 nitrogen and oxygen atoms in total. The van der Waals surface area contributed by atoms with Gasteiger partial charge in [0.05, 0.1) is 17.5 Å². The number of likely N-dealkylation sites (tertiary alicyclic amines) is 1. The van der Waals surface area contributed by atoms with E-state index in [1.807, 2.05) is 14.1 Å². The van der Waals surface area contributed by atoms with E-state index in [2.05, 4.69) is 30.5 Å². The average Bonchev–Trinajstić information content (AvgIpc) is 3.45. The predicted octanol–water partition coefficient (Wildman–Crippen LogP) is 4.08. The number of hydrogen-bond donors (Lipinski definition) is 2. The quantitative estimate of drug-likeness (QED) is 0.358. The zero-order valence-electron chi connectivity index (χ0n) is 22.3. The molecular weight excluding hydrogens is 515 g/mol. The molecule has 2 N–H and O–H groups in total. The first kappa shape index (κ1) is 26.8. The first-order valence-electron chi connectivity index (χ1n) is 12.7.